The summed E-state index contributed by atoms with van der Waals surface area (Å²) in [4.78, 5) is 15.1. The lowest BCUT2D eigenvalue weighted by atomic mass is 9.89. The van der Waals surface area contributed by atoms with Crippen molar-refractivity contribution < 1.29 is 27.8 Å². The normalized spacial score (nSPS) is 18.6. The Morgan fingerprint density at radius 3 is 1.93 bits per heavy atom. The minimum absolute atomic E-state index is 0.113. The van der Waals surface area contributed by atoms with Gasteiger partial charge in [0.15, 0.2) is 0 Å². The lowest BCUT2D eigenvalue weighted by molar-refractivity contribution is -0.135. The van der Waals surface area contributed by atoms with Crippen LogP contribution in [0, 0.1) is 5.92 Å². The van der Waals surface area contributed by atoms with Crippen LogP contribution < -0.4 is 5.14 Å². The van der Waals surface area contributed by atoms with Crippen LogP contribution in [0.1, 0.15) is 31.7 Å². The van der Waals surface area contributed by atoms with Crippen molar-refractivity contribution >= 4 is 17.2 Å². The number of carbonyl (C=O) groups excluding carboxylic acids is 1. The minimum atomic E-state index is -2.36. The average molecular weight is 430 g/mol. The molecule has 9 heteroatoms. The Hall–Kier alpha value is -1.36. The summed E-state index contributed by atoms with van der Waals surface area (Å²) in [6, 6.07) is 10.1. The van der Waals surface area contributed by atoms with E-state index in [9.17, 15) is 4.79 Å². The molecule has 0 radical (unpaired) electrons. The number of nitrogens with zero attached hydrogens (tertiary/aromatic N) is 1. The van der Waals surface area contributed by atoms with Crippen molar-refractivity contribution in [3.05, 3.63) is 35.9 Å². The molecule has 0 aromatic heterocycles. The van der Waals surface area contributed by atoms with Crippen LogP contribution in [0.15, 0.2) is 30.3 Å². The lowest BCUT2D eigenvalue weighted by Crippen LogP contribution is -2.40. The molecule has 1 aliphatic heterocycles. The third kappa shape index (κ3) is 12.0. The van der Waals surface area contributed by atoms with Gasteiger partial charge < -0.3 is 23.7 Å². The van der Waals surface area contributed by atoms with E-state index in [0.717, 1.165) is 12.0 Å². The van der Waals surface area contributed by atoms with Gasteiger partial charge in [-0.1, -0.05) is 44.2 Å². The summed E-state index contributed by atoms with van der Waals surface area (Å²) in [7, 11) is 0. The number of benzene rings is 1. The first kappa shape index (κ1) is 25.7. The molecule has 2 atom stereocenters. The molecule has 1 aromatic rings. The molecule has 2 unspecified atom stereocenters. The maximum absolute atomic E-state index is 13.2. The Morgan fingerprint density at radius 1 is 1.03 bits per heavy atom. The van der Waals surface area contributed by atoms with Crippen LogP contribution in [0.25, 0.3) is 0 Å². The second-order valence-electron chi connectivity index (χ2n) is 7.02. The monoisotopic (exact) mass is 429 g/mol. The van der Waals surface area contributed by atoms with Gasteiger partial charge in [0.2, 0.25) is 5.91 Å². The zero-order valence-corrected chi connectivity index (χ0v) is 18.1. The molecular weight excluding hydrogens is 396 g/mol. The Kier molecular flexibility index (Phi) is 13.7. The Bertz CT molecular complexity index is 572. The summed E-state index contributed by atoms with van der Waals surface area (Å²) in [6.45, 7) is 8.78. The molecule has 0 spiro atoms. The molecule has 2 N–H and O–H groups in total. The first-order valence-electron chi connectivity index (χ1n) is 9.82. The van der Waals surface area contributed by atoms with E-state index in [1.807, 2.05) is 35.2 Å². The number of carbonyl (C=O) groups is 1. The molecule has 1 saturated heterocycles. The topological polar surface area (TPSA) is 114 Å². The van der Waals surface area contributed by atoms with Gasteiger partial charge in [-0.05, 0) is 17.9 Å². The molecular formula is C20H33N2O6S-. The SMILES string of the molecule is CC(C)CC(C(=O)N1CCOCCOCCOCC1)c1ccccc1.NS(=O)[O-]. The molecule has 1 heterocycles. The van der Waals surface area contributed by atoms with Gasteiger partial charge in [-0.25, -0.2) is 0 Å². The molecule has 29 heavy (non-hydrogen) atoms. The first-order chi connectivity index (χ1) is 13.9. The highest BCUT2D eigenvalue weighted by Crippen LogP contribution is 2.26. The van der Waals surface area contributed by atoms with Crippen molar-refractivity contribution in [1.29, 1.82) is 0 Å². The predicted octanol–water partition coefficient (Wildman–Crippen LogP) is 1.45. The number of rotatable bonds is 4. The van der Waals surface area contributed by atoms with Crippen LogP contribution >= 0.6 is 0 Å². The van der Waals surface area contributed by atoms with Gasteiger partial charge in [0.05, 0.1) is 45.6 Å². The second kappa shape index (κ2) is 15.5. The number of ether oxygens (including phenoxy) is 3. The van der Waals surface area contributed by atoms with Gasteiger partial charge in [0.1, 0.15) is 0 Å². The van der Waals surface area contributed by atoms with E-state index in [1.165, 1.54) is 0 Å². The summed E-state index contributed by atoms with van der Waals surface area (Å²) in [6.07, 6.45) is 0.842. The van der Waals surface area contributed by atoms with Gasteiger partial charge in [0.25, 0.3) is 0 Å². The van der Waals surface area contributed by atoms with Gasteiger partial charge in [0, 0.05) is 24.4 Å². The fourth-order valence-corrected chi connectivity index (χ4v) is 2.98. The lowest BCUT2D eigenvalue weighted by Gasteiger charge is -2.29. The van der Waals surface area contributed by atoms with E-state index >= 15 is 0 Å². The molecule has 0 aliphatic carbocycles. The van der Waals surface area contributed by atoms with Gasteiger partial charge in [-0.15, -0.1) is 0 Å². The third-order valence-electron chi connectivity index (χ3n) is 4.27. The smallest absolute Gasteiger partial charge is 0.230 e. The Morgan fingerprint density at radius 2 is 1.48 bits per heavy atom. The highest BCUT2D eigenvalue weighted by molar-refractivity contribution is 7.76. The summed E-state index contributed by atoms with van der Waals surface area (Å²) < 4.78 is 34.1. The van der Waals surface area contributed by atoms with Gasteiger partial charge in [-0.3, -0.25) is 14.1 Å². The quantitative estimate of drug-likeness (QED) is 0.725. The molecule has 1 amide bonds. The number of hydrogen-bond acceptors (Lipinski definition) is 6. The highest BCUT2D eigenvalue weighted by atomic mass is 32.2. The fraction of sp³-hybridized carbons (Fsp3) is 0.650. The minimum Gasteiger partial charge on any atom is -0.760 e. The Labute approximate surface area is 176 Å². The van der Waals surface area contributed by atoms with Crippen molar-refractivity contribution in [3.63, 3.8) is 0 Å². The number of amides is 1. The molecule has 1 fully saturated rings. The summed E-state index contributed by atoms with van der Waals surface area (Å²) in [5, 5.41) is 4.03. The molecule has 1 aliphatic rings. The van der Waals surface area contributed by atoms with Crippen LogP contribution in [-0.2, 0) is 30.3 Å². The van der Waals surface area contributed by atoms with E-state index in [-0.39, 0.29) is 11.8 Å². The standard InChI is InChI=1S/C20H31NO4.H3NO2S/c1-17(2)16-19(18-6-4-3-5-7-18)20(22)21-8-10-23-12-14-25-15-13-24-11-9-21;1-4(2)3/h3-7,17,19H,8-16H2,1-2H3;1H2,(H,2,3)/p-1. The van der Waals surface area contributed by atoms with Crippen LogP contribution in [0.5, 0.6) is 0 Å². The maximum Gasteiger partial charge on any atom is 0.230 e. The van der Waals surface area contributed by atoms with Crippen molar-refractivity contribution in [2.24, 2.45) is 11.1 Å². The van der Waals surface area contributed by atoms with Crippen LogP contribution in [-0.4, -0.2) is 72.3 Å². The Balaban J connectivity index is 0.000000960. The summed E-state index contributed by atoms with van der Waals surface area (Å²) in [5.74, 6) is 0.504. The van der Waals surface area contributed by atoms with E-state index in [0.29, 0.717) is 58.6 Å². The van der Waals surface area contributed by atoms with Crippen LogP contribution in [0.3, 0.4) is 0 Å². The molecule has 0 bridgehead atoms. The van der Waals surface area contributed by atoms with Crippen molar-refractivity contribution in [1.82, 2.24) is 4.90 Å². The van der Waals surface area contributed by atoms with E-state index in [2.05, 4.69) is 19.0 Å². The van der Waals surface area contributed by atoms with Crippen molar-refractivity contribution in [3.8, 4) is 0 Å². The predicted molar refractivity (Wildman–Crippen MR) is 111 cm³/mol. The number of nitrogens with two attached hydrogens (primary N) is 1. The number of hydrogen-bond donors (Lipinski definition) is 1. The zero-order valence-electron chi connectivity index (χ0n) is 17.3. The largest absolute Gasteiger partial charge is 0.760 e. The summed E-state index contributed by atoms with van der Waals surface area (Å²) in [5.41, 5.74) is 1.09. The highest BCUT2D eigenvalue weighted by Gasteiger charge is 2.26. The van der Waals surface area contributed by atoms with Crippen molar-refractivity contribution in [2.75, 3.05) is 52.7 Å². The molecule has 166 valence electrons. The molecule has 2 rings (SSSR count). The van der Waals surface area contributed by atoms with Crippen LogP contribution in [0.4, 0.5) is 0 Å². The van der Waals surface area contributed by atoms with Crippen molar-refractivity contribution in [2.45, 2.75) is 26.2 Å². The van der Waals surface area contributed by atoms with Gasteiger partial charge in [-0.2, -0.15) is 0 Å². The van der Waals surface area contributed by atoms with Crippen LogP contribution in [0.2, 0.25) is 0 Å². The zero-order chi connectivity index (χ0) is 21.5. The second-order valence-corrected chi connectivity index (χ2v) is 7.54. The van der Waals surface area contributed by atoms with E-state index < -0.39 is 11.3 Å². The maximum atomic E-state index is 13.2. The van der Waals surface area contributed by atoms with E-state index in [1.54, 1.807) is 0 Å². The molecule has 0 saturated carbocycles. The fourth-order valence-electron chi connectivity index (χ4n) is 2.98. The van der Waals surface area contributed by atoms with Gasteiger partial charge >= 0.3 is 0 Å². The average Bonchev–Trinajstić information content (AvgIpc) is 2.66. The third-order valence-corrected chi connectivity index (χ3v) is 4.27. The van der Waals surface area contributed by atoms with E-state index in [4.69, 9.17) is 23.0 Å². The molecule has 8 nitrogen and oxygen atoms in total. The summed E-state index contributed by atoms with van der Waals surface area (Å²) >= 11 is -2.36. The first-order valence-corrected chi connectivity index (χ1v) is 11.0. The molecule has 1 aromatic carbocycles.